The van der Waals surface area contributed by atoms with E-state index in [1.807, 2.05) is 25.1 Å². The van der Waals surface area contributed by atoms with E-state index in [1.54, 1.807) is 6.07 Å². The number of hydrogen-bond acceptors (Lipinski definition) is 3. The van der Waals surface area contributed by atoms with Gasteiger partial charge in [0.05, 0.1) is 6.61 Å². The minimum atomic E-state index is 0.229. The molecule has 0 radical (unpaired) electrons. The van der Waals surface area contributed by atoms with Gasteiger partial charge in [-0.1, -0.05) is 18.2 Å². The highest BCUT2D eigenvalue weighted by Crippen LogP contribution is 2.29. The standard InChI is InChI=1S/C14H21NO2/c1-4-7-11(3)15-10-12-8-6-9-13(14(12)16)17-5-2/h4,6,8-9,11,15-16H,1,5,7,10H2,2-3H3. The Morgan fingerprint density at radius 1 is 1.53 bits per heavy atom. The molecule has 17 heavy (non-hydrogen) atoms. The Balaban J connectivity index is 2.64. The fourth-order valence-electron chi connectivity index (χ4n) is 1.60. The monoisotopic (exact) mass is 235 g/mol. The van der Waals surface area contributed by atoms with Crippen LogP contribution in [-0.4, -0.2) is 17.8 Å². The second kappa shape index (κ2) is 6.97. The Bertz CT molecular complexity index is 363. The van der Waals surface area contributed by atoms with Crippen molar-refractivity contribution in [2.24, 2.45) is 0 Å². The number of para-hydroxylation sites is 1. The molecule has 0 aliphatic heterocycles. The molecule has 0 saturated heterocycles. The molecule has 0 bridgehead atoms. The van der Waals surface area contributed by atoms with E-state index >= 15 is 0 Å². The van der Waals surface area contributed by atoms with Crippen LogP contribution in [0, 0.1) is 0 Å². The molecule has 94 valence electrons. The van der Waals surface area contributed by atoms with Gasteiger partial charge >= 0.3 is 0 Å². The molecule has 1 rings (SSSR count). The fraction of sp³-hybridized carbons (Fsp3) is 0.429. The maximum atomic E-state index is 9.98. The van der Waals surface area contributed by atoms with Crippen LogP contribution in [0.3, 0.4) is 0 Å². The van der Waals surface area contributed by atoms with Crippen molar-refractivity contribution in [3.8, 4) is 11.5 Å². The molecule has 0 amide bonds. The summed E-state index contributed by atoms with van der Waals surface area (Å²) in [6.45, 7) is 8.87. The summed E-state index contributed by atoms with van der Waals surface area (Å²) >= 11 is 0. The van der Waals surface area contributed by atoms with E-state index in [-0.39, 0.29) is 5.75 Å². The molecule has 1 unspecified atom stereocenters. The van der Waals surface area contributed by atoms with E-state index in [9.17, 15) is 5.11 Å². The zero-order valence-electron chi connectivity index (χ0n) is 10.6. The van der Waals surface area contributed by atoms with Gasteiger partial charge in [0.15, 0.2) is 11.5 Å². The number of benzene rings is 1. The van der Waals surface area contributed by atoms with Gasteiger partial charge in [-0.25, -0.2) is 0 Å². The average Bonchev–Trinajstić information content (AvgIpc) is 2.31. The van der Waals surface area contributed by atoms with Crippen LogP contribution in [-0.2, 0) is 6.54 Å². The zero-order chi connectivity index (χ0) is 12.7. The molecule has 0 saturated carbocycles. The first kappa shape index (κ1) is 13.6. The van der Waals surface area contributed by atoms with Gasteiger partial charge in [-0.2, -0.15) is 0 Å². The van der Waals surface area contributed by atoms with Crippen molar-refractivity contribution in [1.82, 2.24) is 5.32 Å². The number of hydrogen-bond donors (Lipinski definition) is 2. The average molecular weight is 235 g/mol. The van der Waals surface area contributed by atoms with Crippen LogP contribution in [0.5, 0.6) is 11.5 Å². The Morgan fingerprint density at radius 2 is 2.29 bits per heavy atom. The first-order valence-electron chi connectivity index (χ1n) is 5.97. The number of aromatic hydroxyl groups is 1. The molecule has 1 atom stereocenters. The quantitative estimate of drug-likeness (QED) is 0.714. The van der Waals surface area contributed by atoms with Gasteiger partial charge in [-0.3, -0.25) is 0 Å². The Kier molecular flexibility index (Phi) is 5.57. The smallest absolute Gasteiger partial charge is 0.162 e. The molecule has 0 fully saturated rings. The zero-order valence-corrected chi connectivity index (χ0v) is 10.6. The largest absolute Gasteiger partial charge is 0.504 e. The van der Waals surface area contributed by atoms with Gasteiger partial charge < -0.3 is 15.2 Å². The van der Waals surface area contributed by atoms with Gasteiger partial charge in [0.25, 0.3) is 0 Å². The lowest BCUT2D eigenvalue weighted by atomic mass is 10.1. The van der Waals surface area contributed by atoms with Crippen LogP contribution in [0.1, 0.15) is 25.8 Å². The molecule has 0 aliphatic carbocycles. The summed E-state index contributed by atoms with van der Waals surface area (Å²) in [5.41, 5.74) is 0.854. The van der Waals surface area contributed by atoms with Gasteiger partial charge in [0.2, 0.25) is 0 Å². The van der Waals surface area contributed by atoms with E-state index in [1.165, 1.54) is 0 Å². The maximum Gasteiger partial charge on any atom is 0.162 e. The number of rotatable bonds is 7. The topological polar surface area (TPSA) is 41.5 Å². The molecule has 0 heterocycles. The normalized spacial score (nSPS) is 12.1. The molecular formula is C14H21NO2. The summed E-state index contributed by atoms with van der Waals surface area (Å²) in [4.78, 5) is 0. The van der Waals surface area contributed by atoms with Gasteiger partial charge in [0, 0.05) is 18.2 Å². The lowest BCUT2D eigenvalue weighted by Gasteiger charge is -2.14. The van der Waals surface area contributed by atoms with E-state index in [2.05, 4.69) is 18.8 Å². The summed E-state index contributed by atoms with van der Waals surface area (Å²) in [6.07, 6.45) is 2.79. The van der Waals surface area contributed by atoms with E-state index in [4.69, 9.17) is 4.74 Å². The highest BCUT2D eigenvalue weighted by Gasteiger charge is 2.08. The van der Waals surface area contributed by atoms with Crippen LogP contribution in [0.15, 0.2) is 30.9 Å². The lowest BCUT2D eigenvalue weighted by Crippen LogP contribution is -2.24. The van der Waals surface area contributed by atoms with Crippen molar-refractivity contribution in [3.05, 3.63) is 36.4 Å². The number of ether oxygens (including phenoxy) is 1. The maximum absolute atomic E-state index is 9.98. The van der Waals surface area contributed by atoms with Crippen molar-refractivity contribution in [2.75, 3.05) is 6.61 Å². The molecule has 2 N–H and O–H groups in total. The van der Waals surface area contributed by atoms with Crippen molar-refractivity contribution < 1.29 is 9.84 Å². The number of nitrogens with one attached hydrogen (secondary N) is 1. The van der Waals surface area contributed by atoms with Crippen LogP contribution in [0.4, 0.5) is 0 Å². The third kappa shape index (κ3) is 4.11. The molecule has 0 aromatic heterocycles. The molecule has 1 aromatic rings. The predicted molar refractivity (Wildman–Crippen MR) is 70.4 cm³/mol. The summed E-state index contributed by atoms with van der Waals surface area (Å²) in [5.74, 6) is 0.774. The highest BCUT2D eigenvalue weighted by molar-refractivity contribution is 5.45. The van der Waals surface area contributed by atoms with E-state index in [0.29, 0.717) is 24.9 Å². The van der Waals surface area contributed by atoms with Crippen LogP contribution in [0.25, 0.3) is 0 Å². The van der Waals surface area contributed by atoms with Gasteiger partial charge in [-0.15, -0.1) is 6.58 Å². The van der Waals surface area contributed by atoms with Crippen molar-refractivity contribution in [2.45, 2.75) is 32.9 Å². The highest BCUT2D eigenvalue weighted by atomic mass is 16.5. The second-order valence-electron chi connectivity index (χ2n) is 4.00. The van der Waals surface area contributed by atoms with Crippen molar-refractivity contribution in [3.63, 3.8) is 0 Å². The Labute approximate surface area is 103 Å². The molecule has 3 nitrogen and oxygen atoms in total. The molecular weight excluding hydrogens is 214 g/mol. The SMILES string of the molecule is C=CCC(C)NCc1cccc(OCC)c1O. The Morgan fingerprint density at radius 3 is 2.94 bits per heavy atom. The summed E-state index contributed by atoms with van der Waals surface area (Å²) in [7, 11) is 0. The molecule has 0 aliphatic rings. The summed E-state index contributed by atoms with van der Waals surface area (Å²) < 4.78 is 5.34. The minimum Gasteiger partial charge on any atom is -0.504 e. The predicted octanol–water partition coefficient (Wildman–Crippen LogP) is 2.85. The number of phenolic OH excluding ortho intramolecular Hbond substituents is 1. The third-order valence-corrected chi connectivity index (χ3v) is 2.54. The van der Waals surface area contributed by atoms with Gasteiger partial charge in [0.1, 0.15) is 0 Å². The third-order valence-electron chi connectivity index (χ3n) is 2.54. The second-order valence-corrected chi connectivity index (χ2v) is 4.00. The molecule has 0 spiro atoms. The van der Waals surface area contributed by atoms with Crippen LogP contribution < -0.4 is 10.1 Å². The molecule has 3 heteroatoms. The minimum absolute atomic E-state index is 0.229. The van der Waals surface area contributed by atoms with E-state index < -0.39 is 0 Å². The first-order valence-corrected chi connectivity index (χ1v) is 5.97. The van der Waals surface area contributed by atoms with Crippen LogP contribution in [0.2, 0.25) is 0 Å². The number of phenols is 1. The first-order chi connectivity index (χ1) is 8.19. The fourth-order valence-corrected chi connectivity index (χ4v) is 1.60. The van der Waals surface area contributed by atoms with Gasteiger partial charge in [-0.05, 0) is 26.3 Å². The van der Waals surface area contributed by atoms with Crippen molar-refractivity contribution >= 4 is 0 Å². The van der Waals surface area contributed by atoms with Crippen molar-refractivity contribution in [1.29, 1.82) is 0 Å². The Hall–Kier alpha value is -1.48. The summed E-state index contributed by atoms with van der Waals surface area (Å²) in [6, 6.07) is 5.91. The van der Waals surface area contributed by atoms with Crippen LogP contribution >= 0.6 is 0 Å². The summed E-state index contributed by atoms with van der Waals surface area (Å²) in [5, 5.41) is 13.3. The molecule has 1 aromatic carbocycles. The van der Waals surface area contributed by atoms with E-state index in [0.717, 1.165) is 12.0 Å². The lowest BCUT2D eigenvalue weighted by molar-refractivity contribution is 0.316.